The van der Waals surface area contributed by atoms with E-state index in [1.54, 1.807) is 6.07 Å². The van der Waals surface area contributed by atoms with Crippen molar-refractivity contribution in [3.8, 4) is 0 Å². The number of halogens is 1. The van der Waals surface area contributed by atoms with Crippen molar-refractivity contribution in [2.24, 2.45) is 5.92 Å². The second kappa shape index (κ2) is 6.58. The summed E-state index contributed by atoms with van der Waals surface area (Å²) in [6.45, 7) is 4.19. The van der Waals surface area contributed by atoms with Gasteiger partial charge in [0.15, 0.2) is 0 Å². The predicted molar refractivity (Wildman–Crippen MR) is 85.2 cm³/mol. The van der Waals surface area contributed by atoms with Crippen LogP contribution in [0.15, 0.2) is 27.6 Å². The minimum Gasteiger partial charge on any atom is -0.208 e. The van der Waals surface area contributed by atoms with Gasteiger partial charge in [0.05, 0.1) is 4.90 Å². The summed E-state index contributed by atoms with van der Waals surface area (Å²) in [5, 5.41) is 0. The number of hydrogen-bond acceptors (Lipinski definition) is 2. The van der Waals surface area contributed by atoms with Crippen LogP contribution in [0, 0.1) is 12.8 Å². The number of benzene rings is 1. The van der Waals surface area contributed by atoms with E-state index in [2.05, 4.69) is 27.6 Å². The van der Waals surface area contributed by atoms with Gasteiger partial charge in [0.25, 0.3) is 0 Å². The third-order valence-corrected chi connectivity index (χ3v) is 6.45. The molecule has 0 amide bonds. The molecule has 1 aromatic carbocycles. The van der Waals surface area contributed by atoms with Gasteiger partial charge < -0.3 is 0 Å². The average Bonchev–Trinajstić information content (AvgIpc) is 2.53. The van der Waals surface area contributed by atoms with Crippen LogP contribution < -0.4 is 4.72 Å². The molecule has 0 saturated heterocycles. The van der Waals surface area contributed by atoms with Gasteiger partial charge in [-0.15, -0.1) is 0 Å². The summed E-state index contributed by atoms with van der Waals surface area (Å²) in [5.41, 5.74) is 1.04. The Morgan fingerprint density at radius 2 is 1.95 bits per heavy atom. The molecule has 0 radical (unpaired) electrons. The van der Waals surface area contributed by atoms with E-state index in [1.807, 2.05) is 19.1 Å². The molecule has 1 aliphatic rings. The van der Waals surface area contributed by atoms with Gasteiger partial charge in [-0.25, -0.2) is 13.1 Å². The molecule has 1 saturated carbocycles. The Morgan fingerprint density at radius 1 is 1.20 bits per heavy atom. The van der Waals surface area contributed by atoms with Gasteiger partial charge in [0, 0.05) is 10.5 Å². The minimum absolute atomic E-state index is 0.0677. The van der Waals surface area contributed by atoms with E-state index >= 15 is 0 Å². The summed E-state index contributed by atoms with van der Waals surface area (Å²) < 4.78 is 28.5. The Bertz CT molecular complexity index is 571. The molecule has 0 heterocycles. The molecule has 2 unspecified atom stereocenters. The normalized spacial score (nSPS) is 24.4. The Kier molecular flexibility index (Phi) is 5.26. The van der Waals surface area contributed by atoms with Gasteiger partial charge in [0.1, 0.15) is 0 Å². The summed E-state index contributed by atoms with van der Waals surface area (Å²) in [5.74, 6) is 0.704. The molecule has 0 aliphatic heterocycles. The van der Waals surface area contributed by atoms with Crippen LogP contribution in [0.4, 0.5) is 0 Å². The number of rotatable bonds is 3. The summed E-state index contributed by atoms with van der Waals surface area (Å²) >= 11 is 3.35. The van der Waals surface area contributed by atoms with Crippen LogP contribution in [0.5, 0.6) is 0 Å². The van der Waals surface area contributed by atoms with E-state index < -0.39 is 10.0 Å². The molecule has 0 aromatic heterocycles. The van der Waals surface area contributed by atoms with Crippen LogP contribution >= 0.6 is 15.9 Å². The summed E-state index contributed by atoms with van der Waals surface area (Å²) in [6, 6.07) is 5.40. The maximum atomic E-state index is 12.5. The third kappa shape index (κ3) is 4.06. The van der Waals surface area contributed by atoms with E-state index in [-0.39, 0.29) is 6.04 Å². The van der Waals surface area contributed by atoms with Crippen molar-refractivity contribution in [3.05, 3.63) is 28.2 Å². The summed E-state index contributed by atoms with van der Waals surface area (Å²) in [6.07, 6.45) is 5.27. The Balaban J connectivity index is 2.14. The molecule has 1 N–H and O–H groups in total. The van der Waals surface area contributed by atoms with Gasteiger partial charge in [-0.3, -0.25) is 0 Å². The molecular weight excluding hydrogens is 338 g/mol. The lowest BCUT2D eigenvalue weighted by Crippen LogP contribution is -2.34. The van der Waals surface area contributed by atoms with E-state index in [0.29, 0.717) is 15.3 Å². The van der Waals surface area contributed by atoms with Crippen molar-refractivity contribution in [2.45, 2.75) is 56.9 Å². The highest BCUT2D eigenvalue weighted by atomic mass is 79.9. The fourth-order valence-corrected chi connectivity index (χ4v) is 5.21. The van der Waals surface area contributed by atoms with Crippen LogP contribution in [-0.4, -0.2) is 14.5 Å². The lowest BCUT2D eigenvalue weighted by molar-refractivity contribution is 0.484. The van der Waals surface area contributed by atoms with Crippen LogP contribution in [0.3, 0.4) is 0 Å². The van der Waals surface area contributed by atoms with Crippen LogP contribution in [-0.2, 0) is 10.0 Å². The van der Waals surface area contributed by atoms with E-state index in [1.165, 1.54) is 6.42 Å². The van der Waals surface area contributed by atoms with Crippen molar-refractivity contribution >= 4 is 26.0 Å². The fourth-order valence-electron chi connectivity index (χ4n) is 2.71. The molecule has 20 heavy (non-hydrogen) atoms. The summed E-state index contributed by atoms with van der Waals surface area (Å²) in [4.78, 5) is 0.334. The van der Waals surface area contributed by atoms with Gasteiger partial charge in [-0.1, -0.05) is 25.8 Å². The first-order chi connectivity index (χ1) is 9.38. The molecule has 1 aliphatic carbocycles. The molecule has 1 aromatic rings. The molecular formula is C15H22BrNO2S. The smallest absolute Gasteiger partial charge is 0.208 e. The molecule has 2 atom stereocenters. The first-order valence-corrected chi connectivity index (χ1v) is 9.44. The zero-order chi connectivity index (χ0) is 14.8. The topological polar surface area (TPSA) is 46.2 Å². The molecule has 112 valence electrons. The highest BCUT2D eigenvalue weighted by molar-refractivity contribution is 9.10. The van der Waals surface area contributed by atoms with Crippen molar-refractivity contribution in [3.63, 3.8) is 0 Å². The first kappa shape index (κ1) is 16.0. The standard InChI is InChI=1S/C15H22BrNO2S/c1-11-4-3-5-13(8-6-11)17-20(18,19)15-9-7-12(2)10-14(15)16/h7,9-11,13,17H,3-6,8H2,1-2H3. The molecule has 0 bridgehead atoms. The highest BCUT2D eigenvalue weighted by Gasteiger charge is 2.24. The Morgan fingerprint density at radius 3 is 2.65 bits per heavy atom. The lowest BCUT2D eigenvalue weighted by atomic mass is 10.0. The molecule has 0 spiro atoms. The maximum Gasteiger partial charge on any atom is 0.241 e. The molecule has 1 fully saturated rings. The van der Waals surface area contributed by atoms with E-state index in [9.17, 15) is 8.42 Å². The van der Waals surface area contributed by atoms with Gasteiger partial charge in [0.2, 0.25) is 10.0 Å². The van der Waals surface area contributed by atoms with Crippen molar-refractivity contribution in [1.82, 2.24) is 4.72 Å². The van der Waals surface area contributed by atoms with Crippen molar-refractivity contribution in [1.29, 1.82) is 0 Å². The molecule has 2 rings (SSSR count). The maximum absolute atomic E-state index is 12.5. The van der Waals surface area contributed by atoms with Gasteiger partial charge in [-0.05, 0) is 65.7 Å². The van der Waals surface area contributed by atoms with Gasteiger partial charge in [-0.2, -0.15) is 0 Å². The third-order valence-electron chi connectivity index (χ3n) is 3.96. The molecule has 5 heteroatoms. The average molecular weight is 360 g/mol. The minimum atomic E-state index is -3.44. The fraction of sp³-hybridized carbons (Fsp3) is 0.600. The predicted octanol–water partition coefficient (Wildman–Crippen LogP) is 4.00. The van der Waals surface area contributed by atoms with E-state index in [0.717, 1.165) is 31.2 Å². The SMILES string of the molecule is Cc1ccc(S(=O)(=O)NC2CCCC(C)CC2)c(Br)c1. The number of sulfonamides is 1. The largest absolute Gasteiger partial charge is 0.241 e. The first-order valence-electron chi connectivity index (χ1n) is 7.17. The highest BCUT2D eigenvalue weighted by Crippen LogP contribution is 2.26. The number of aryl methyl sites for hydroxylation is 1. The zero-order valence-electron chi connectivity index (χ0n) is 12.0. The van der Waals surface area contributed by atoms with E-state index in [4.69, 9.17) is 0 Å². The van der Waals surface area contributed by atoms with Crippen LogP contribution in [0.25, 0.3) is 0 Å². The summed E-state index contributed by atoms with van der Waals surface area (Å²) in [7, 11) is -3.44. The Hall–Kier alpha value is -0.390. The van der Waals surface area contributed by atoms with Crippen LogP contribution in [0.2, 0.25) is 0 Å². The number of nitrogens with one attached hydrogen (secondary N) is 1. The molecule has 3 nitrogen and oxygen atoms in total. The quantitative estimate of drug-likeness (QED) is 0.828. The Labute approximate surface area is 130 Å². The second-order valence-corrected chi connectivity index (χ2v) is 8.40. The monoisotopic (exact) mass is 359 g/mol. The van der Waals surface area contributed by atoms with Crippen molar-refractivity contribution in [2.75, 3.05) is 0 Å². The number of hydrogen-bond donors (Lipinski definition) is 1. The second-order valence-electron chi connectivity index (χ2n) is 5.87. The van der Waals surface area contributed by atoms with Crippen molar-refractivity contribution < 1.29 is 8.42 Å². The zero-order valence-corrected chi connectivity index (χ0v) is 14.4. The van der Waals surface area contributed by atoms with Gasteiger partial charge >= 0.3 is 0 Å². The lowest BCUT2D eigenvalue weighted by Gasteiger charge is -2.17. The van der Waals surface area contributed by atoms with Crippen LogP contribution in [0.1, 0.15) is 44.6 Å².